The molecule has 4 rings (SSSR count). The Hall–Kier alpha value is -4.20. The molecule has 0 radical (unpaired) electrons. The third-order valence-corrected chi connectivity index (χ3v) is 6.07. The van der Waals surface area contributed by atoms with E-state index in [1.165, 1.54) is 12.0 Å². The van der Waals surface area contributed by atoms with Crippen molar-refractivity contribution >= 4 is 28.9 Å². The highest BCUT2D eigenvalue weighted by Crippen LogP contribution is 2.39. The highest BCUT2D eigenvalue weighted by Gasteiger charge is 2.42. The molecule has 8 heteroatoms. The summed E-state index contributed by atoms with van der Waals surface area (Å²) in [7, 11) is 8.56. The summed E-state index contributed by atoms with van der Waals surface area (Å²) in [6.07, 6.45) is 0. The molecule has 1 atom stereocenters. The van der Waals surface area contributed by atoms with Crippen LogP contribution in [0.25, 0.3) is 0 Å². The van der Waals surface area contributed by atoms with Crippen molar-refractivity contribution in [3.05, 3.63) is 72.3 Å². The highest BCUT2D eigenvalue weighted by molar-refractivity contribution is 6.15. The van der Waals surface area contributed by atoms with E-state index in [4.69, 9.17) is 14.2 Å². The van der Waals surface area contributed by atoms with Crippen LogP contribution in [0.2, 0.25) is 0 Å². The number of hydrogen-bond acceptors (Lipinski definition) is 6. The Bertz CT molecular complexity index is 1210. The standard InChI is InChI=1S/C27H29N3O5/c1-28(2)19-8-6-18(7-9-19)26-27(32)29(23-16-22(34-4)14-15-24(23)35-5)17-25(31)30(26)20-10-12-21(33-3)13-11-20/h6-16,26H,17H2,1-5H3/t26-/m0/s1. The molecule has 0 unspecified atom stereocenters. The summed E-state index contributed by atoms with van der Waals surface area (Å²) in [5, 5.41) is 0. The molecule has 1 heterocycles. The van der Waals surface area contributed by atoms with E-state index in [9.17, 15) is 9.59 Å². The Kier molecular flexibility index (Phi) is 6.82. The van der Waals surface area contributed by atoms with Crippen molar-refractivity contribution < 1.29 is 23.8 Å². The van der Waals surface area contributed by atoms with Crippen molar-refractivity contribution in [3.63, 3.8) is 0 Å². The molecule has 0 spiro atoms. The van der Waals surface area contributed by atoms with E-state index in [0.717, 1.165) is 5.69 Å². The van der Waals surface area contributed by atoms with Crippen LogP contribution in [0.15, 0.2) is 66.7 Å². The Morgan fingerprint density at radius 1 is 0.800 bits per heavy atom. The summed E-state index contributed by atoms with van der Waals surface area (Å²) in [6, 6.07) is 19.1. The predicted octanol–water partition coefficient (Wildman–Crippen LogP) is 3.90. The minimum atomic E-state index is -0.864. The number of anilines is 3. The minimum Gasteiger partial charge on any atom is -0.497 e. The van der Waals surface area contributed by atoms with Gasteiger partial charge in [0.1, 0.15) is 29.8 Å². The van der Waals surface area contributed by atoms with Crippen LogP contribution in [0, 0.1) is 0 Å². The van der Waals surface area contributed by atoms with E-state index in [-0.39, 0.29) is 18.4 Å². The average molecular weight is 476 g/mol. The molecule has 1 saturated heterocycles. The monoisotopic (exact) mass is 475 g/mol. The van der Waals surface area contributed by atoms with Gasteiger partial charge in [0.05, 0.1) is 27.0 Å². The molecular weight excluding hydrogens is 446 g/mol. The quantitative estimate of drug-likeness (QED) is 0.516. The molecule has 0 N–H and O–H groups in total. The summed E-state index contributed by atoms with van der Waals surface area (Å²) in [5.74, 6) is 1.24. The van der Waals surface area contributed by atoms with E-state index >= 15 is 0 Å². The maximum absolute atomic E-state index is 14.1. The van der Waals surface area contributed by atoms with Crippen LogP contribution < -0.4 is 28.9 Å². The lowest BCUT2D eigenvalue weighted by molar-refractivity contribution is -0.128. The van der Waals surface area contributed by atoms with Crippen molar-refractivity contribution in [1.82, 2.24) is 0 Å². The van der Waals surface area contributed by atoms with E-state index in [0.29, 0.717) is 34.2 Å². The molecule has 182 valence electrons. The smallest absolute Gasteiger partial charge is 0.255 e. The first-order valence-electron chi connectivity index (χ1n) is 11.1. The van der Waals surface area contributed by atoms with Gasteiger partial charge in [0.25, 0.3) is 5.91 Å². The minimum absolute atomic E-state index is 0.138. The second-order valence-electron chi connectivity index (χ2n) is 8.31. The first kappa shape index (κ1) is 23.9. The molecule has 1 aliphatic rings. The first-order chi connectivity index (χ1) is 16.9. The van der Waals surface area contributed by atoms with Gasteiger partial charge in [-0.1, -0.05) is 12.1 Å². The molecule has 1 fully saturated rings. The van der Waals surface area contributed by atoms with Crippen LogP contribution in [0.4, 0.5) is 17.1 Å². The van der Waals surface area contributed by atoms with E-state index in [1.807, 2.05) is 43.3 Å². The zero-order valence-electron chi connectivity index (χ0n) is 20.5. The summed E-state index contributed by atoms with van der Waals surface area (Å²) in [5.41, 5.74) is 2.79. The van der Waals surface area contributed by atoms with Crippen molar-refractivity contribution in [3.8, 4) is 17.2 Å². The van der Waals surface area contributed by atoms with Gasteiger partial charge >= 0.3 is 0 Å². The third kappa shape index (κ3) is 4.59. The molecule has 3 aromatic carbocycles. The lowest BCUT2D eigenvalue weighted by atomic mass is 9.98. The second-order valence-corrected chi connectivity index (χ2v) is 8.31. The molecule has 0 bridgehead atoms. The average Bonchev–Trinajstić information content (AvgIpc) is 2.89. The third-order valence-electron chi connectivity index (χ3n) is 6.07. The lowest BCUT2D eigenvalue weighted by Gasteiger charge is -2.41. The Morgan fingerprint density at radius 2 is 1.43 bits per heavy atom. The number of ether oxygens (including phenoxy) is 3. The van der Waals surface area contributed by atoms with Gasteiger partial charge < -0.3 is 19.1 Å². The molecule has 3 aromatic rings. The van der Waals surface area contributed by atoms with Gasteiger partial charge in [-0.15, -0.1) is 0 Å². The van der Waals surface area contributed by atoms with Crippen LogP contribution in [0.5, 0.6) is 17.2 Å². The van der Waals surface area contributed by atoms with Gasteiger partial charge in [-0.25, -0.2) is 0 Å². The van der Waals surface area contributed by atoms with Crippen molar-refractivity contribution in [2.24, 2.45) is 0 Å². The predicted molar refractivity (Wildman–Crippen MR) is 136 cm³/mol. The van der Waals surface area contributed by atoms with Crippen LogP contribution in [0.3, 0.4) is 0 Å². The Balaban J connectivity index is 1.82. The number of amides is 2. The molecule has 1 aliphatic heterocycles. The fourth-order valence-corrected chi connectivity index (χ4v) is 4.19. The molecular formula is C27H29N3O5. The number of nitrogens with zero attached hydrogens (tertiary/aromatic N) is 3. The Labute approximate surface area is 205 Å². The number of piperazine rings is 1. The van der Waals surface area contributed by atoms with Crippen LogP contribution in [-0.4, -0.2) is 53.8 Å². The van der Waals surface area contributed by atoms with E-state index in [1.54, 1.807) is 61.6 Å². The van der Waals surface area contributed by atoms with Gasteiger partial charge in [-0.05, 0) is 54.1 Å². The van der Waals surface area contributed by atoms with Crippen molar-refractivity contribution in [2.45, 2.75) is 6.04 Å². The molecule has 35 heavy (non-hydrogen) atoms. The van der Waals surface area contributed by atoms with Gasteiger partial charge in [0.15, 0.2) is 0 Å². The first-order valence-corrected chi connectivity index (χ1v) is 11.1. The van der Waals surface area contributed by atoms with Crippen LogP contribution >= 0.6 is 0 Å². The van der Waals surface area contributed by atoms with Gasteiger partial charge in [-0.3, -0.25) is 19.4 Å². The van der Waals surface area contributed by atoms with Gasteiger partial charge in [-0.2, -0.15) is 0 Å². The zero-order valence-corrected chi connectivity index (χ0v) is 20.5. The largest absolute Gasteiger partial charge is 0.497 e. The van der Waals surface area contributed by atoms with Crippen molar-refractivity contribution in [2.75, 3.05) is 56.7 Å². The summed E-state index contributed by atoms with van der Waals surface area (Å²) in [4.78, 5) is 32.7. The number of carbonyl (C=O) groups is 2. The van der Waals surface area contributed by atoms with Crippen LogP contribution in [-0.2, 0) is 9.59 Å². The molecule has 0 aromatic heterocycles. The maximum atomic E-state index is 14.1. The fraction of sp³-hybridized carbons (Fsp3) is 0.259. The second kappa shape index (κ2) is 9.97. The number of rotatable bonds is 7. The van der Waals surface area contributed by atoms with Crippen LogP contribution in [0.1, 0.15) is 11.6 Å². The molecule has 2 amide bonds. The maximum Gasteiger partial charge on any atom is 0.255 e. The van der Waals surface area contributed by atoms with Gasteiger partial charge in [0.2, 0.25) is 5.91 Å². The molecule has 8 nitrogen and oxygen atoms in total. The Morgan fingerprint density at radius 3 is 2.00 bits per heavy atom. The normalized spacial score (nSPS) is 15.7. The summed E-state index contributed by atoms with van der Waals surface area (Å²) in [6.45, 7) is -0.138. The SMILES string of the molecule is COc1ccc(N2C(=O)CN(c3cc(OC)ccc3OC)C(=O)[C@@H]2c2ccc(N(C)C)cc2)cc1. The molecule has 0 saturated carbocycles. The number of benzene rings is 3. The van der Waals surface area contributed by atoms with Gasteiger partial charge in [0, 0.05) is 31.5 Å². The van der Waals surface area contributed by atoms with E-state index in [2.05, 4.69) is 0 Å². The number of methoxy groups -OCH3 is 3. The summed E-state index contributed by atoms with van der Waals surface area (Å²) < 4.78 is 16.1. The zero-order chi connectivity index (χ0) is 25.1. The molecule has 0 aliphatic carbocycles. The van der Waals surface area contributed by atoms with Crippen molar-refractivity contribution in [1.29, 1.82) is 0 Å². The lowest BCUT2D eigenvalue weighted by Crippen LogP contribution is -2.56. The number of hydrogen-bond donors (Lipinski definition) is 0. The van der Waals surface area contributed by atoms with E-state index < -0.39 is 6.04 Å². The fourth-order valence-electron chi connectivity index (χ4n) is 4.19. The highest BCUT2D eigenvalue weighted by atomic mass is 16.5. The summed E-state index contributed by atoms with van der Waals surface area (Å²) >= 11 is 0. The topological polar surface area (TPSA) is 71.5 Å². The number of carbonyl (C=O) groups excluding carboxylic acids is 2.